The van der Waals surface area contributed by atoms with Gasteiger partial charge in [0.25, 0.3) is 0 Å². The van der Waals surface area contributed by atoms with Crippen molar-refractivity contribution in [3.05, 3.63) is 66.5 Å². The standard InChI is InChI=1S/C28H30N2O5/c1-4-20-11-13-21(14-12-20)24-25-27(34-16-19(3)15-32-17-23(31)33-5-2)29-18-30-28(25)35-26(24)22-9-7-6-8-10-22/h6-14,18-19H,4-5,15-17H2,1-3H3/t19-/m1/s1. The molecule has 35 heavy (non-hydrogen) atoms. The van der Waals surface area contributed by atoms with E-state index in [1.165, 1.54) is 11.9 Å². The van der Waals surface area contributed by atoms with Gasteiger partial charge in [0, 0.05) is 17.0 Å². The average Bonchev–Trinajstić information content (AvgIpc) is 3.28. The van der Waals surface area contributed by atoms with Crippen LogP contribution in [0.5, 0.6) is 5.88 Å². The molecule has 0 amide bonds. The first-order valence-electron chi connectivity index (χ1n) is 11.9. The summed E-state index contributed by atoms with van der Waals surface area (Å²) in [5, 5.41) is 0.732. The van der Waals surface area contributed by atoms with Gasteiger partial charge < -0.3 is 18.6 Å². The summed E-state index contributed by atoms with van der Waals surface area (Å²) in [7, 11) is 0. The number of aryl methyl sites for hydroxylation is 1. The molecule has 0 fully saturated rings. The Morgan fingerprint density at radius 1 is 0.971 bits per heavy atom. The van der Waals surface area contributed by atoms with Gasteiger partial charge in [-0.2, -0.15) is 0 Å². The topological polar surface area (TPSA) is 83.7 Å². The van der Waals surface area contributed by atoms with Gasteiger partial charge in [0.2, 0.25) is 11.6 Å². The lowest BCUT2D eigenvalue weighted by Crippen LogP contribution is -2.19. The Balaban J connectivity index is 1.63. The van der Waals surface area contributed by atoms with Crippen molar-refractivity contribution in [1.82, 2.24) is 9.97 Å². The first-order valence-corrected chi connectivity index (χ1v) is 11.9. The molecule has 0 radical (unpaired) electrons. The maximum Gasteiger partial charge on any atom is 0.332 e. The van der Waals surface area contributed by atoms with Crippen molar-refractivity contribution in [3.8, 4) is 28.3 Å². The minimum atomic E-state index is -0.372. The number of hydrogen-bond acceptors (Lipinski definition) is 7. The number of fused-ring (bicyclic) bond motifs is 1. The summed E-state index contributed by atoms with van der Waals surface area (Å²) in [5.41, 5.74) is 4.58. The second-order valence-corrected chi connectivity index (χ2v) is 8.32. The molecule has 0 aliphatic heterocycles. The van der Waals surface area contributed by atoms with Gasteiger partial charge in [0.1, 0.15) is 24.1 Å². The van der Waals surface area contributed by atoms with Gasteiger partial charge in [0.05, 0.1) is 19.8 Å². The maximum absolute atomic E-state index is 11.5. The fraction of sp³-hybridized carbons (Fsp3) is 0.321. The molecule has 1 atom stereocenters. The van der Waals surface area contributed by atoms with Gasteiger partial charge in [-0.3, -0.25) is 0 Å². The second-order valence-electron chi connectivity index (χ2n) is 8.32. The summed E-state index contributed by atoms with van der Waals surface area (Å²) < 4.78 is 22.7. The summed E-state index contributed by atoms with van der Waals surface area (Å²) in [6.07, 6.45) is 2.41. The van der Waals surface area contributed by atoms with Gasteiger partial charge >= 0.3 is 5.97 Å². The monoisotopic (exact) mass is 474 g/mol. The van der Waals surface area contributed by atoms with Gasteiger partial charge in [-0.15, -0.1) is 0 Å². The normalized spacial score (nSPS) is 12.0. The molecule has 7 nitrogen and oxygen atoms in total. The lowest BCUT2D eigenvalue weighted by molar-refractivity contribution is -0.148. The van der Waals surface area contributed by atoms with E-state index < -0.39 is 0 Å². The summed E-state index contributed by atoms with van der Waals surface area (Å²) in [6, 6.07) is 18.4. The molecule has 0 N–H and O–H groups in total. The van der Waals surface area contributed by atoms with Crippen molar-refractivity contribution in [2.45, 2.75) is 27.2 Å². The van der Waals surface area contributed by atoms with Crippen LogP contribution in [0.1, 0.15) is 26.3 Å². The molecule has 0 bridgehead atoms. The SMILES string of the molecule is CCOC(=O)COC[C@@H](C)COc1ncnc2oc(-c3ccccc3)c(-c3ccc(CC)cc3)c12. The third kappa shape index (κ3) is 5.87. The highest BCUT2D eigenvalue weighted by Gasteiger charge is 2.23. The Hall–Kier alpha value is -3.71. The molecule has 4 rings (SSSR count). The smallest absolute Gasteiger partial charge is 0.332 e. The molecule has 7 heteroatoms. The van der Waals surface area contributed by atoms with Crippen LogP contribution in [0.15, 0.2) is 65.3 Å². The van der Waals surface area contributed by atoms with Gasteiger partial charge in [-0.25, -0.2) is 14.8 Å². The molecule has 0 saturated carbocycles. The van der Waals surface area contributed by atoms with E-state index in [0.717, 1.165) is 34.3 Å². The number of hydrogen-bond donors (Lipinski definition) is 0. The number of furan rings is 1. The quantitative estimate of drug-likeness (QED) is 0.257. The van der Waals surface area contributed by atoms with Crippen molar-refractivity contribution < 1.29 is 23.4 Å². The number of carbonyl (C=O) groups excluding carboxylic acids is 1. The van der Waals surface area contributed by atoms with E-state index in [1.54, 1.807) is 6.92 Å². The molecule has 0 aliphatic rings. The lowest BCUT2D eigenvalue weighted by Gasteiger charge is -2.13. The average molecular weight is 475 g/mol. The van der Waals surface area contributed by atoms with E-state index >= 15 is 0 Å². The van der Waals surface area contributed by atoms with E-state index in [2.05, 4.69) is 41.2 Å². The first-order chi connectivity index (χ1) is 17.1. The van der Waals surface area contributed by atoms with E-state index in [0.29, 0.717) is 31.4 Å². The third-order valence-electron chi connectivity index (χ3n) is 5.57. The maximum atomic E-state index is 11.5. The van der Waals surface area contributed by atoms with Crippen LogP contribution in [0.25, 0.3) is 33.6 Å². The molecule has 0 spiro atoms. The van der Waals surface area contributed by atoms with Crippen molar-refractivity contribution in [1.29, 1.82) is 0 Å². The fourth-order valence-electron chi connectivity index (χ4n) is 3.81. The van der Waals surface area contributed by atoms with Crippen molar-refractivity contribution >= 4 is 17.1 Å². The van der Waals surface area contributed by atoms with Crippen LogP contribution in [0, 0.1) is 5.92 Å². The van der Waals surface area contributed by atoms with Crippen molar-refractivity contribution in [2.24, 2.45) is 5.92 Å². The van der Waals surface area contributed by atoms with Crippen molar-refractivity contribution in [2.75, 3.05) is 26.4 Å². The first kappa shape index (κ1) is 24.4. The van der Waals surface area contributed by atoms with Crippen LogP contribution < -0.4 is 4.74 Å². The molecule has 0 aliphatic carbocycles. The molecule has 2 heterocycles. The van der Waals surface area contributed by atoms with Gasteiger partial charge in [0.15, 0.2) is 0 Å². The van der Waals surface area contributed by atoms with Gasteiger partial charge in [-0.1, -0.05) is 68.4 Å². The van der Waals surface area contributed by atoms with E-state index in [-0.39, 0.29) is 18.5 Å². The predicted octanol–water partition coefficient (Wildman–Crippen LogP) is 5.71. The zero-order valence-corrected chi connectivity index (χ0v) is 20.3. The molecule has 0 unspecified atom stereocenters. The highest BCUT2D eigenvalue weighted by Crippen LogP contribution is 2.43. The van der Waals surface area contributed by atoms with Crippen LogP contribution in [0.4, 0.5) is 0 Å². The molecular formula is C28H30N2O5. The highest BCUT2D eigenvalue weighted by molar-refractivity contribution is 6.03. The number of esters is 1. The third-order valence-corrected chi connectivity index (χ3v) is 5.57. The summed E-state index contributed by atoms with van der Waals surface area (Å²) in [5.74, 6) is 0.833. The number of aromatic nitrogens is 2. The Bertz CT molecular complexity index is 1250. The number of rotatable bonds is 11. The van der Waals surface area contributed by atoms with Crippen LogP contribution in [0.3, 0.4) is 0 Å². The zero-order chi connectivity index (χ0) is 24.6. The Labute approximate surface area is 205 Å². The molecule has 0 saturated heterocycles. The van der Waals surface area contributed by atoms with Crippen molar-refractivity contribution in [3.63, 3.8) is 0 Å². The fourth-order valence-corrected chi connectivity index (χ4v) is 3.81. The molecule has 182 valence electrons. The second kappa shape index (κ2) is 11.6. The van der Waals surface area contributed by atoms with Crippen LogP contribution >= 0.6 is 0 Å². The summed E-state index contributed by atoms with van der Waals surface area (Å²) in [6.45, 7) is 6.86. The molecular weight excluding hydrogens is 444 g/mol. The van der Waals surface area contributed by atoms with Crippen LogP contribution in [-0.2, 0) is 20.7 Å². The summed E-state index contributed by atoms with van der Waals surface area (Å²) >= 11 is 0. The minimum absolute atomic E-state index is 0.0298. The lowest BCUT2D eigenvalue weighted by atomic mass is 9.98. The largest absolute Gasteiger partial charge is 0.477 e. The van der Waals surface area contributed by atoms with E-state index in [9.17, 15) is 4.79 Å². The Kier molecular flexibility index (Phi) is 8.11. The number of carbonyl (C=O) groups is 1. The predicted molar refractivity (Wildman–Crippen MR) is 134 cm³/mol. The number of nitrogens with zero attached hydrogens (tertiary/aromatic N) is 2. The number of ether oxygens (including phenoxy) is 3. The summed E-state index contributed by atoms with van der Waals surface area (Å²) in [4.78, 5) is 20.3. The molecule has 2 aromatic heterocycles. The van der Waals surface area contributed by atoms with Gasteiger partial charge in [-0.05, 0) is 24.5 Å². The van der Waals surface area contributed by atoms with Crippen LogP contribution in [0.2, 0.25) is 0 Å². The minimum Gasteiger partial charge on any atom is -0.477 e. The zero-order valence-electron chi connectivity index (χ0n) is 20.3. The molecule has 2 aromatic carbocycles. The van der Waals surface area contributed by atoms with E-state index in [1.807, 2.05) is 37.3 Å². The van der Waals surface area contributed by atoms with Crippen LogP contribution in [-0.4, -0.2) is 42.4 Å². The molecule has 4 aromatic rings. The Morgan fingerprint density at radius 2 is 1.74 bits per heavy atom. The Morgan fingerprint density at radius 3 is 2.46 bits per heavy atom. The van der Waals surface area contributed by atoms with E-state index in [4.69, 9.17) is 18.6 Å². The highest BCUT2D eigenvalue weighted by atomic mass is 16.6. The number of benzene rings is 2.